The summed E-state index contributed by atoms with van der Waals surface area (Å²) in [5.41, 5.74) is 0. The third-order valence-electron chi connectivity index (χ3n) is 9.12. The maximum Gasteiger partial charge on any atom is 0.00900 e. The molecule has 0 radical (unpaired) electrons. The lowest BCUT2D eigenvalue weighted by Gasteiger charge is -2.26. The maximum atomic E-state index is 2.46. The fourth-order valence-corrected chi connectivity index (χ4v) is 5.36. The van der Waals surface area contributed by atoms with Gasteiger partial charge < -0.3 is 9.80 Å². The van der Waals surface area contributed by atoms with Crippen molar-refractivity contribution in [2.24, 2.45) is 41.4 Å². The van der Waals surface area contributed by atoms with Crippen LogP contribution in [-0.2, 0) is 0 Å². The van der Waals surface area contributed by atoms with Crippen molar-refractivity contribution in [1.29, 1.82) is 0 Å². The summed E-state index contributed by atoms with van der Waals surface area (Å²) >= 11 is 0. The summed E-state index contributed by atoms with van der Waals surface area (Å²) in [6.07, 6.45) is 14.3. The molecule has 5 rings (SSSR count). The van der Waals surface area contributed by atoms with Gasteiger partial charge in [-0.2, -0.15) is 0 Å². The molecule has 3 aliphatic carbocycles. The van der Waals surface area contributed by atoms with Gasteiger partial charge in [0.1, 0.15) is 0 Å². The zero-order valence-electron chi connectivity index (χ0n) is 24.7. The molecule has 0 aromatic carbocycles. The summed E-state index contributed by atoms with van der Waals surface area (Å²) in [5, 5.41) is 0. The van der Waals surface area contributed by atoms with Gasteiger partial charge in [-0.3, -0.25) is 0 Å². The molecule has 0 aromatic rings. The molecule has 0 spiro atoms. The number of piperidine rings is 1. The van der Waals surface area contributed by atoms with E-state index in [1.54, 1.807) is 0 Å². The second-order valence-electron chi connectivity index (χ2n) is 12.6. The van der Waals surface area contributed by atoms with E-state index in [0.717, 1.165) is 47.5 Å². The van der Waals surface area contributed by atoms with Gasteiger partial charge in [0, 0.05) is 12.6 Å². The maximum absolute atomic E-state index is 2.46. The summed E-state index contributed by atoms with van der Waals surface area (Å²) in [7, 11) is 4.43. The van der Waals surface area contributed by atoms with Crippen LogP contribution in [0.15, 0.2) is 0 Å². The minimum absolute atomic E-state index is 0. The first-order chi connectivity index (χ1) is 15.6. The molecule has 0 aromatic heterocycles. The standard InChI is InChI=1S/2C7H15N.2C6H12.C5H10.CH4/c1-7-4-3-5-8(2)6-7;1-3-7-5-4-6-8(7)2;2*1-3-6-4-5(6)2;1-4-3-5(4)2;/h2*7H,3-6H2,1-2H3;2*5-6H,3-4H2,1-2H3;4-5H,3H2,1-2H3;1H4. The van der Waals surface area contributed by atoms with Crippen LogP contribution < -0.4 is 0 Å². The van der Waals surface area contributed by atoms with Gasteiger partial charge in [0.25, 0.3) is 0 Å². The summed E-state index contributed by atoms with van der Waals surface area (Å²) in [6, 6.07) is 0.898. The Balaban J connectivity index is 0.000000401. The van der Waals surface area contributed by atoms with E-state index >= 15 is 0 Å². The first kappa shape index (κ1) is 33.9. The quantitative estimate of drug-likeness (QED) is 0.397. The van der Waals surface area contributed by atoms with Gasteiger partial charge in [-0.25, -0.2) is 0 Å². The molecular weight excluding hydrogens is 412 g/mol. The number of nitrogens with zero attached hydrogens (tertiary/aromatic N) is 2. The highest BCUT2D eigenvalue weighted by Gasteiger charge is 2.30. The molecule has 0 amide bonds. The van der Waals surface area contributed by atoms with E-state index in [4.69, 9.17) is 0 Å². The van der Waals surface area contributed by atoms with Crippen LogP contribution in [0.3, 0.4) is 0 Å². The van der Waals surface area contributed by atoms with E-state index in [2.05, 4.69) is 79.3 Å². The first-order valence-electron chi connectivity index (χ1n) is 15.0. The van der Waals surface area contributed by atoms with Gasteiger partial charge in [-0.05, 0) is 120 Å². The Kier molecular flexibility index (Phi) is 18.2. The Bertz CT molecular complexity index is 444. The normalized spacial score (nSPS) is 37.6. The van der Waals surface area contributed by atoms with E-state index in [0.29, 0.717) is 0 Å². The summed E-state index contributed by atoms with van der Waals surface area (Å²) in [4.78, 5) is 4.87. The number of likely N-dealkylation sites (tertiary alicyclic amines) is 2. The topological polar surface area (TPSA) is 6.48 Å². The Morgan fingerprint density at radius 1 is 0.618 bits per heavy atom. The van der Waals surface area contributed by atoms with Gasteiger partial charge in [-0.1, -0.05) is 75.7 Å². The summed E-state index contributed by atoms with van der Waals surface area (Å²) in [5.74, 6) is 7.37. The van der Waals surface area contributed by atoms with Crippen molar-refractivity contribution in [1.82, 2.24) is 9.80 Å². The summed E-state index contributed by atoms with van der Waals surface area (Å²) < 4.78 is 0. The fourth-order valence-electron chi connectivity index (χ4n) is 5.36. The van der Waals surface area contributed by atoms with E-state index < -0.39 is 0 Å². The van der Waals surface area contributed by atoms with E-state index in [1.165, 1.54) is 83.8 Å². The van der Waals surface area contributed by atoms with Gasteiger partial charge in [0.2, 0.25) is 0 Å². The Morgan fingerprint density at radius 3 is 1.21 bits per heavy atom. The lowest BCUT2D eigenvalue weighted by atomic mass is 10.0. The second-order valence-corrected chi connectivity index (χ2v) is 12.6. The molecule has 0 bridgehead atoms. The molecule has 2 heteroatoms. The van der Waals surface area contributed by atoms with Crippen molar-refractivity contribution in [3.63, 3.8) is 0 Å². The van der Waals surface area contributed by atoms with Gasteiger partial charge in [-0.15, -0.1) is 0 Å². The molecule has 206 valence electrons. The van der Waals surface area contributed by atoms with Crippen LogP contribution in [0, 0.1) is 41.4 Å². The van der Waals surface area contributed by atoms with Gasteiger partial charge in [0.15, 0.2) is 0 Å². The minimum Gasteiger partial charge on any atom is -0.306 e. The molecular formula is C32H68N2. The van der Waals surface area contributed by atoms with E-state index in [-0.39, 0.29) is 7.43 Å². The predicted molar refractivity (Wildman–Crippen MR) is 157 cm³/mol. The lowest BCUT2D eigenvalue weighted by Crippen LogP contribution is -2.30. The van der Waals surface area contributed by atoms with Gasteiger partial charge >= 0.3 is 0 Å². The molecule has 3 saturated carbocycles. The molecule has 2 aliphatic heterocycles. The van der Waals surface area contributed by atoms with Crippen molar-refractivity contribution in [2.45, 2.75) is 133 Å². The lowest BCUT2D eigenvalue weighted by molar-refractivity contribution is 0.221. The first-order valence-corrected chi connectivity index (χ1v) is 15.0. The number of hydrogen-bond acceptors (Lipinski definition) is 2. The molecule has 8 unspecified atom stereocenters. The summed E-state index contributed by atoms with van der Waals surface area (Å²) in [6.45, 7) is 22.3. The third-order valence-corrected chi connectivity index (χ3v) is 9.12. The highest BCUT2D eigenvalue weighted by atomic mass is 15.1. The average molecular weight is 481 g/mol. The van der Waals surface area contributed by atoms with Gasteiger partial charge in [0.05, 0.1) is 0 Å². The third kappa shape index (κ3) is 15.8. The molecule has 8 atom stereocenters. The van der Waals surface area contributed by atoms with Crippen LogP contribution in [0.2, 0.25) is 0 Å². The highest BCUT2D eigenvalue weighted by molar-refractivity contribution is 4.80. The van der Waals surface area contributed by atoms with Crippen LogP contribution in [0.5, 0.6) is 0 Å². The minimum atomic E-state index is 0. The van der Waals surface area contributed by atoms with Crippen molar-refractivity contribution < 1.29 is 0 Å². The monoisotopic (exact) mass is 481 g/mol. The number of rotatable bonds is 3. The van der Waals surface area contributed by atoms with Crippen molar-refractivity contribution >= 4 is 0 Å². The smallest absolute Gasteiger partial charge is 0.00900 e. The SMILES string of the molecule is C.CC1CC1C.CC1CCCN(C)C1.CCC1CC1C.CCC1CC1C.CCC1CCCN1C. The van der Waals surface area contributed by atoms with Crippen molar-refractivity contribution in [3.8, 4) is 0 Å². The zero-order valence-corrected chi connectivity index (χ0v) is 24.7. The van der Waals surface area contributed by atoms with Crippen molar-refractivity contribution in [3.05, 3.63) is 0 Å². The van der Waals surface area contributed by atoms with Crippen LogP contribution in [0.4, 0.5) is 0 Å². The second kappa shape index (κ2) is 18.2. The fraction of sp³-hybridized carbons (Fsp3) is 1.00. The zero-order chi connectivity index (χ0) is 25.0. The molecule has 2 saturated heterocycles. The molecule has 34 heavy (non-hydrogen) atoms. The average Bonchev–Trinajstić information content (AvgIpc) is 3.73. The number of hydrogen-bond donors (Lipinski definition) is 0. The van der Waals surface area contributed by atoms with Crippen LogP contribution in [-0.4, -0.2) is 49.6 Å². The van der Waals surface area contributed by atoms with Crippen LogP contribution in [0.25, 0.3) is 0 Å². The molecule has 0 N–H and O–H groups in total. The van der Waals surface area contributed by atoms with Crippen LogP contribution >= 0.6 is 0 Å². The molecule has 2 heterocycles. The largest absolute Gasteiger partial charge is 0.306 e. The Labute approximate surface area is 218 Å². The Hall–Kier alpha value is -0.0800. The van der Waals surface area contributed by atoms with Crippen molar-refractivity contribution in [2.75, 3.05) is 33.7 Å². The predicted octanol–water partition coefficient (Wildman–Crippen LogP) is 9.24. The molecule has 2 nitrogen and oxygen atoms in total. The van der Waals surface area contributed by atoms with Crippen LogP contribution in [0.1, 0.15) is 127 Å². The Morgan fingerprint density at radius 2 is 1.06 bits per heavy atom. The van der Waals surface area contributed by atoms with E-state index in [1.807, 2.05) is 0 Å². The molecule has 5 fully saturated rings. The highest BCUT2D eigenvalue weighted by Crippen LogP contribution is 2.40. The van der Waals surface area contributed by atoms with E-state index in [9.17, 15) is 0 Å². The molecule has 5 aliphatic rings.